The molecule has 3 amide bonds. The SMILES string of the molecule is O=C(COC(F)(F)F)Nc1c(F)ccc([NH+](CI)C(=O)c2cc(NC(=O)C3C(c4ccc(F)c(C(F)(F)F)c4)C3(Cl)Cl)ccc2Cl)c1F. The summed E-state index contributed by atoms with van der Waals surface area (Å²) >= 11 is 20.3. The van der Waals surface area contributed by atoms with E-state index in [4.69, 9.17) is 34.8 Å². The lowest BCUT2D eigenvalue weighted by Crippen LogP contribution is -3.09. The zero-order chi connectivity index (χ0) is 35.9. The highest BCUT2D eigenvalue weighted by Crippen LogP contribution is 2.65. The third kappa shape index (κ3) is 8.30. The first kappa shape index (κ1) is 38.0. The molecule has 3 atom stereocenters. The molecule has 258 valence electrons. The Balaban J connectivity index is 1.56. The predicted molar refractivity (Wildman–Crippen MR) is 163 cm³/mol. The van der Waals surface area contributed by atoms with Crippen molar-refractivity contribution in [2.45, 2.75) is 22.8 Å². The normalized spacial score (nSPS) is 17.9. The van der Waals surface area contributed by atoms with E-state index < -0.39 is 87.4 Å². The van der Waals surface area contributed by atoms with Crippen LogP contribution in [0.2, 0.25) is 5.02 Å². The van der Waals surface area contributed by atoms with Crippen molar-refractivity contribution in [3.63, 3.8) is 0 Å². The molecule has 0 radical (unpaired) electrons. The van der Waals surface area contributed by atoms with Crippen molar-refractivity contribution >= 4 is 92.2 Å². The van der Waals surface area contributed by atoms with Gasteiger partial charge in [0.05, 0.1) is 16.5 Å². The molecule has 1 saturated carbocycles. The van der Waals surface area contributed by atoms with Crippen LogP contribution in [0.4, 0.5) is 56.6 Å². The molecule has 7 nitrogen and oxygen atoms in total. The van der Waals surface area contributed by atoms with Crippen LogP contribution in [0, 0.1) is 23.4 Å². The van der Waals surface area contributed by atoms with Gasteiger partial charge in [-0.3, -0.25) is 14.3 Å². The van der Waals surface area contributed by atoms with Gasteiger partial charge in [0.25, 0.3) is 5.91 Å². The first-order valence-corrected chi connectivity index (χ1v) is 15.6. The number of rotatable bonds is 9. The number of quaternary nitrogens is 1. The monoisotopic (exact) mass is 862 g/mol. The number of nitrogens with one attached hydrogen (secondary N) is 3. The lowest BCUT2D eigenvalue weighted by molar-refractivity contribution is -0.722. The number of halogens is 13. The molecule has 0 spiro atoms. The first-order valence-electron chi connectivity index (χ1n) is 13.0. The third-order valence-electron chi connectivity index (χ3n) is 6.92. The van der Waals surface area contributed by atoms with Gasteiger partial charge in [-0.15, -0.1) is 36.4 Å². The highest BCUT2D eigenvalue weighted by atomic mass is 127. The Morgan fingerprint density at radius 3 is 2.17 bits per heavy atom. The van der Waals surface area contributed by atoms with E-state index in [9.17, 15) is 49.5 Å². The van der Waals surface area contributed by atoms with E-state index in [1.807, 2.05) is 0 Å². The molecule has 4 rings (SSSR count). The zero-order valence-electron chi connectivity index (χ0n) is 23.2. The number of anilines is 2. The molecule has 20 heteroatoms. The van der Waals surface area contributed by atoms with Crippen molar-refractivity contribution in [1.82, 2.24) is 0 Å². The Kier molecular flexibility index (Phi) is 11.2. The minimum absolute atomic E-state index is 0.0809. The highest BCUT2D eigenvalue weighted by molar-refractivity contribution is 14.1. The summed E-state index contributed by atoms with van der Waals surface area (Å²) in [4.78, 5) is 38.2. The smallest absolute Gasteiger partial charge is 0.326 e. The summed E-state index contributed by atoms with van der Waals surface area (Å²) < 4.78 is 121. The Morgan fingerprint density at radius 2 is 1.56 bits per heavy atom. The van der Waals surface area contributed by atoms with Gasteiger partial charge in [-0.25, -0.2) is 18.5 Å². The average molecular weight is 864 g/mol. The molecule has 3 aromatic carbocycles. The Morgan fingerprint density at radius 1 is 0.917 bits per heavy atom. The molecule has 1 aliphatic carbocycles. The summed E-state index contributed by atoms with van der Waals surface area (Å²) in [5, 5.41) is 3.86. The number of ether oxygens (including phenoxy) is 1. The highest BCUT2D eigenvalue weighted by Gasteiger charge is 2.67. The van der Waals surface area contributed by atoms with E-state index in [-0.39, 0.29) is 31.3 Å². The van der Waals surface area contributed by atoms with Gasteiger partial charge in [0.1, 0.15) is 38.4 Å². The molecule has 1 aliphatic rings. The van der Waals surface area contributed by atoms with E-state index in [0.29, 0.717) is 18.2 Å². The Bertz CT molecular complexity index is 1780. The summed E-state index contributed by atoms with van der Waals surface area (Å²) in [6, 6.07) is 7.08. The quantitative estimate of drug-likeness (QED) is 0.0900. The van der Waals surface area contributed by atoms with Crippen LogP contribution in [0.15, 0.2) is 48.5 Å². The van der Waals surface area contributed by atoms with Gasteiger partial charge < -0.3 is 10.6 Å². The lowest BCUT2D eigenvalue weighted by atomic mass is 10.0. The summed E-state index contributed by atoms with van der Waals surface area (Å²) in [6.45, 7) is -1.61. The molecule has 1 fully saturated rings. The van der Waals surface area contributed by atoms with Crippen molar-refractivity contribution in [1.29, 1.82) is 0 Å². The molecule has 48 heavy (non-hydrogen) atoms. The second-order valence-corrected chi connectivity index (χ2v) is 12.7. The first-order chi connectivity index (χ1) is 22.2. The van der Waals surface area contributed by atoms with Crippen molar-refractivity contribution < 1.29 is 63.5 Å². The summed E-state index contributed by atoms with van der Waals surface area (Å²) in [7, 11) is 0. The molecule has 3 unspecified atom stereocenters. The van der Waals surface area contributed by atoms with Crippen LogP contribution in [-0.2, 0) is 20.5 Å². The molecule has 0 aromatic heterocycles. The van der Waals surface area contributed by atoms with E-state index >= 15 is 4.39 Å². The summed E-state index contributed by atoms with van der Waals surface area (Å²) in [5.74, 6) is -10.3. The molecular formula is C28H17Cl3F9IN3O4+. The van der Waals surface area contributed by atoms with E-state index in [1.54, 1.807) is 27.9 Å². The van der Waals surface area contributed by atoms with Gasteiger partial charge in [0, 0.05) is 17.7 Å². The maximum absolute atomic E-state index is 15.4. The maximum atomic E-state index is 15.4. The minimum Gasteiger partial charge on any atom is -0.326 e. The van der Waals surface area contributed by atoms with E-state index in [0.717, 1.165) is 18.2 Å². The van der Waals surface area contributed by atoms with Crippen LogP contribution < -0.4 is 15.5 Å². The van der Waals surface area contributed by atoms with Crippen LogP contribution in [-0.4, -0.2) is 39.6 Å². The molecule has 3 N–H and O–H groups in total. The number of alkyl halides is 9. The molecule has 0 heterocycles. The fraction of sp³-hybridized carbons (Fsp3) is 0.250. The Hall–Kier alpha value is -2.84. The number of hydrogen-bond donors (Lipinski definition) is 3. The van der Waals surface area contributed by atoms with Crippen molar-refractivity contribution in [2.75, 3.05) is 21.8 Å². The van der Waals surface area contributed by atoms with Gasteiger partial charge in [-0.1, -0.05) is 17.7 Å². The molecule has 0 bridgehead atoms. The fourth-order valence-corrected chi connectivity index (χ4v) is 6.45. The number of carbonyl (C=O) groups excluding carboxylic acids is 3. The molecule has 0 aliphatic heterocycles. The second-order valence-electron chi connectivity index (χ2n) is 10.1. The van der Waals surface area contributed by atoms with Crippen LogP contribution in [0.3, 0.4) is 0 Å². The largest absolute Gasteiger partial charge is 0.523 e. The van der Waals surface area contributed by atoms with Gasteiger partial charge in [-0.05, 0) is 64.6 Å². The van der Waals surface area contributed by atoms with E-state index in [1.165, 1.54) is 12.1 Å². The maximum Gasteiger partial charge on any atom is 0.523 e. The molecule has 3 aromatic rings. The van der Waals surface area contributed by atoms with E-state index in [2.05, 4.69) is 10.1 Å². The average Bonchev–Trinajstić information content (AvgIpc) is 3.57. The summed E-state index contributed by atoms with van der Waals surface area (Å²) in [6.07, 6.45) is -10.2. The topological polar surface area (TPSA) is 88.9 Å². The van der Waals surface area contributed by atoms with Crippen LogP contribution in [0.5, 0.6) is 0 Å². The number of hydrogen-bond acceptors (Lipinski definition) is 4. The fourth-order valence-electron chi connectivity index (χ4n) is 4.66. The van der Waals surface area contributed by atoms with Crippen LogP contribution in [0.1, 0.15) is 27.4 Å². The summed E-state index contributed by atoms with van der Waals surface area (Å²) in [5.41, 5.74) is -3.83. The molecular weight excluding hydrogens is 847 g/mol. The predicted octanol–water partition coefficient (Wildman–Crippen LogP) is 7.53. The number of benzene rings is 3. The molecule has 0 saturated heterocycles. The zero-order valence-corrected chi connectivity index (χ0v) is 27.7. The van der Waals surface area contributed by atoms with Crippen molar-refractivity contribution in [3.05, 3.63) is 87.7 Å². The van der Waals surface area contributed by atoms with Crippen LogP contribution >= 0.6 is 57.4 Å². The van der Waals surface area contributed by atoms with Gasteiger partial charge in [0.2, 0.25) is 11.7 Å². The van der Waals surface area contributed by atoms with Crippen LogP contribution in [0.25, 0.3) is 0 Å². The van der Waals surface area contributed by atoms with Crippen molar-refractivity contribution in [2.24, 2.45) is 5.92 Å². The lowest BCUT2D eigenvalue weighted by Gasteiger charge is -2.18. The van der Waals surface area contributed by atoms with Gasteiger partial charge in [-0.2, -0.15) is 17.6 Å². The number of carbonyl (C=O) groups is 3. The third-order valence-corrected chi connectivity index (χ3v) is 8.96. The minimum atomic E-state index is -5.20. The Labute approximate surface area is 292 Å². The van der Waals surface area contributed by atoms with Gasteiger partial charge in [0.15, 0.2) is 5.69 Å². The number of amides is 3. The van der Waals surface area contributed by atoms with Crippen molar-refractivity contribution in [3.8, 4) is 0 Å². The standard InChI is InChI=1S/C28H16Cl3F9IN3O4/c29-15-3-2-12(42-24(46)21-20(26(21,30)31)11-1-4-16(32)14(7-11)27(35,36)37)8-13(15)25(47)44(10-41)18-6-5-17(33)23(22(18)34)43-19(45)9-48-28(38,39)40/h1-8,20-21H,9-10H2,(H,42,46)(H,43,45)/p+1. The van der Waals surface area contributed by atoms with Gasteiger partial charge >= 0.3 is 18.4 Å². The second kappa shape index (κ2) is 14.2.